The van der Waals surface area contributed by atoms with Crippen molar-refractivity contribution in [3.05, 3.63) is 35.9 Å². The summed E-state index contributed by atoms with van der Waals surface area (Å²) in [5.74, 6) is -0.505. The van der Waals surface area contributed by atoms with Crippen molar-refractivity contribution in [3.8, 4) is 0 Å². The third-order valence-corrected chi connectivity index (χ3v) is 2.76. The standard InChI is InChI=1S/C13H16N2O3/c1-2-18-13-12(17)14-10(11(16)15-13)8-9-6-4-3-5-7-9/h3-7,10,13H,2,8H2,1H3,(H,14,17)(H,15,16). The summed E-state index contributed by atoms with van der Waals surface area (Å²) in [6.45, 7) is 2.15. The van der Waals surface area contributed by atoms with Crippen LogP contribution in [-0.4, -0.2) is 30.7 Å². The number of carbonyl (C=O) groups excluding carboxylic acids is 2. The minimum Gasteiger partial charge on any atom is -0.350 e. The van der Waals surface area contributed by atoms with Gasteiger partial charge >= 0.3 is 0 Å². The molecule has 0 aliphatic carbocycles. The molecule has 1 aliphatic rings. The molecule has 2 atom stereocenters. The van der Waals surface area contributed by atoms with Crippen LogP contribution < -0.4 is 10.6 Å². The van der Waals surface area contributed by atoms with Crippen molar-refractivity contribution >= 4 is 11.8 Å². The number of piperazine rings is 1. The molecule has 1 aliphatic heterocycles. The van der Waals surface area contributed by atoms with Crippen LogP contribution in [0.4, 0.5) is 0 Å². The SMILES string of the molecule is CCOC1NC(=O)C(Cc2ccccc2)NC1=O. The van der Waals surface area contributed by atoms with Gasteiger partial charge in [-0.15, -0.1) is 0 Å². The van der Waals surface area contributed by atoms with E-state index in [-0.39, 0.29) is 11.8 Å². The van der Waals surface area contributed by atoms with Crippen molar-refractivity contribution in [2.75, 3.05) is 6.61 Å². The molecule has 0 bridgehead atoms. The van der Waals surface area contributed by atoms with Crippen LogP contribution in [0.2, 0.25) is 0 Å². The highest BCUT2D eigenvalue weighted by Gasteiger charge is 2.33. The summed E-state index contributed by atoms with van der Waals surface area (Å²) in [6.07, 6.45) is -0.383. The van der Waals surface area contributed by atoms with E-state index in [1.54, 1.807) is 6.92 Å². The van der Waals surface area contributed by atoms with Crippen LogP contribution in [0.25, 0.3) is 0 Å². The fraction of sp³-hybridized carbons (Fsp3) is 0.385. The molecule has 1 fully saturated rings. The predicted octanol–water partition coefficient (Wildman–Crippen LogP) is 0.206. The molecule has 2 unspecified atom stereocenters. The second-order valence-electron chi connectivity index (χ2n) is 4.09. The van der Waals surface area contributed by atoms with Gasteiger partial charge in [-0.05, 0) is 12.5 Å². The Labute approximate surface area is 106 Å². The van der Waals surface area contributed by atoms with Gasteiger partial charge in [-0.2, -0.15) is 0 Å². The van der Waals surface area contributed by atoms with Crippen molar-refractivity contribution in [2.45, 2.75) is 25.6 Å². The Hall–Kier alpha value is -1.88. The first kappa shape index (κ1) is 12.6. The molecule has 18 heavy (non-hydrogen) atoms. The zero-order valence-electron chi connectivity index (χ0n) is 10.2. The molecule has 1 saturated heterocycles. The molecule has 2 N–H and O–H groups in total. The molecular weight excluding hydrogens is 232 g/mol. The van der Waals surface area contributed by atoms with E-state index in [0.717, 1.165) is 5.56 Å². The molecule has 1 aromatic rings. The normalized spacial score (nSPS) is 23.4. The Kier molecular flexibility index (Phi) is 3.94. The fourth-order valence-electron chi connectivity index (χ4n) is 1.89. The number of carbonyl (C=O) groups is 2. The van der Waals surface area contributed by atoms with Crippen LogP contribution in [-0.2, 0) is 20.7 Å². The fourth-order valence-corrected chi connectivity index (χ4v) is 1.89. The van der Waals surface area contributed by atoms with E-state index < -0.39 is 12.3 Å². The monoisotopic (exact) mass is 248 g/mol. The third-order valence-electron chi connectivity index (χ3n) is 2.76. The number of benzene rings is 1. The van der Waals surface area contributed by atoms with E-state index in [2.05, 4.69) is 10.6 Å². The van der Waals surface area contributed by atoms with E-state index in [0.29, 0.717) is 13.0 Å². The summed E-state index contributed by atoms with van der Waals surface area (Å²) in [5.41, 5.74) is 1.01. The van der Waals surface area contributed by atoms with Gasteiger partial charge in [0.15, 0.2) is 0 Å². The van der Waals surface area contributed by atoms with E-state index in [9.17, 15) is 9.59 Å². The highest BCUT2D eigenvalue weighted by Crippen LogP contribution is 2.07. The number of hydrogen-bond acceptors (Lipinski definition) is 3. The van der Waals surface area contributed by atoms with Crippen LogP contribution in [0.5, 0.6) is 0 Å². The maximum atomic E-state index is 11.8. The smallest absolute Gasteiger partial charge is 0.270 e. The molecule has 1 heterocycles. The minimum atomic E-state index is -0.866. The van der Waals surface area contributed by atoms with Gasteiger partial charge in [-0.1, -0.05) is 30.3 Å². The van der Waals surface area contributed by atoms with Crippen molar-refractivity contribution in [1.29, 1.82) is 0 Å². The van der Waals surface area contributed by atoms with Crippen LogP contribution in [0.15, 0.2) is 30.3 Å². The molecule has 1 aromatic carbocycles. The Bertz CT molecular complexity index is 433. The summed E-state index contributed by atoms with van der Waals surface area (Å²) in [4.78, 5) is 23.5. The Morgan fingerprint density at radius 3 is 2.50 bits per heavy atom. The molecular formula is C13H16N2O3. The first-order valence-electron chi connectivity index (χ1n) is 5.97. The predicted molar refractivity (Wildman–Crippen MR) is 65.6 cm³/mol. The zero-order valence-corrected chi connectivity index (χ0v) is 10.2. The van der Waals surface area contributed by atoms with E-state index >= 15 is 0 Å². The molecule has 0 saturated carbocycles. The van der Waals surface area contributed by atoms with Crippen molar-refractivity contribution in [2.24, 2.45) is 0 Å². The second-order valence-corrected chi connectivity index (χ2v) is 4.09. The highest BCUT2D eigenvalue weighted by atomic mass is 16.5. The molecule has 0 spiro atoms. The molecule has 96 valence electrons. The number of rotatable bonds is 4. The largest absolute Gasteiger partial charge is 0.350 e. The van der Waals surface area contributed by atoms with E-state index in [1.807, 2.05) is 30.3 Å². The van der Waals surface area contributed by atoms with Gasteiger partial charge in [0.2, 0.25) is 12.1 Å². The van der Waals surface area contributed by atoms with Crippen LogP contribution >= 0.6 is 0 Å². The van der Waals surface area contributed by atoms with Crippen LogP contribution in [0.3, 0.4) is 0 Å². The molecule has 2 rings (SSSR count). The van der Waals surface area contributed by atoms with E-state index in [4.69, 9.17) is 4.74 Å². The average molecular weight is 248 g/mol. The Morgan fingerprint density at radius 1 is 1.11 bits per heavy atom. The quantitative estimate of drug-likeness (QED) is 0.800. The molecule has 2 amide bonds. The van der Waals surface area contributed by atoms with Crippen LogP contribution in [0.1, 0.15) is 12.5 Å². The lowest BCUT2D eigenvalue weighted by Gasteiger charge is -2.29. The lowest BCUT2D eigenvalue weighted by molar-refractivity contribution is -0.148. The van der Waals surface area contributed by atoms with Crippen molar-refractivity contribution < 1.29 is 14.3 Å². The summed E-state index contributed by atoms with van der Waals surface area (Å²) < 4.78 is 5.12. The summed E-state index contributed by atoms with van der Waals surface area (Å²) in [5, 5.41) is 5.24. The maximum Gasteiger partial charge on any atom is 0.270 e. The van der Waals surface area contributed by atoms with Gasteiger partial charge in [0.05, 0.1) is 0 Å². The molecule has 5 nitrogen and oxygen atoms in total. The van der Waals surface area contributed by atoms with Gasteiger partial charge in [0, 0.05) is 13.0 Å². The highest BCUT2D eigenvalue weighted by molar-refractivity contribution is 5.96. The third kappa shape index (κ3) is 2.87. The molecule has 5 heteroatoms. The lowest BCUT2D eigenvalue weighted by Crippen LogP contribution is -2.63. The average Bonchev–Trinajstić information content (AvgIpc) is 2.37. The Morgan fingerprint density at radius 2 is 1.83 bits per heavy atom. The zero-order chi connectivity index (χ0) is 13.0. The number of hydrogen-bond donors (Lipinski definition) is 2. The summed E-state index contributed by atoms with van der Waals surface area (Å²) in [6, 6.07) is 9.04. The molecule has 0 radical (unpaired) electrons. The van der Waals surface area contributed by atoms with Gasteiger partial charge in [0.25, 0.3) is 5.91 Å². The molecule has 0 aromatic heterocycles. The van der Waals surface area contributed by atoms with Crippen molar-refractivity contribution in [1.82, 2.24) is 10.6 Å². The first-order valence-corrected chi connectivity index (χ1v) is 5.97. The van der Waals surface area contributed by atoms with Gasteiger partial charge < -0.3 is 15.4 Å². The Balaban J connectivity index is 1.99. The first-order chi connectivity index (χ1) is 8.70. The summed E-state index contributed by atoms with van der Waals surface area (Å²) >= 11 is 0. The topological polar surface area (TPSA) is 67.4 Å². The van der Waals surface area contributed by atoms with Crippen LogP contribution in [0, 0.1) is 0 Å². The second kappa shape index (κ2) is 5.64. The minimum absolute atomic E-state index is 0.211. The number of ether oxygens (including phenoxy) is 1. The number of amides is 2. The van der Waals surface area contributed by atoms with Crippen molar-refractivity contribution in [3.63, 3.8) is 0 Å². The van der Waals surface area contributed by atoms with Gasteiger partial charge in [-0.3, -0.25) is 9.59 Å². The van der Waals surface area contributed by atoms with Gasteiger partial charge in [0.1, 0.15) is 6.04 Å². The maximum absolute atomic E-state index is 11.8. The summed E-state index contributed by atoms with van der Waals surface area (Å²) in [7, 11) is 0. The van der Waals surface area contributed by atoms with Gasteiger partial charge in [-0.25, -0.2) is 0 Å². The lowest BCUT2D eigenvalue weighted by atomic mass is 10.0. The number of nitrogens with one attached hydrogen (secondary N) is 2. The van der Waals surface area contributed by atoms with E-state index in [1.165, 1.54) is 0 Å².